The molecule has 1 fully saturated rings. The molecule has 2 heterocycles. The molecule has 3 rings (SSSR count). The van der Waals surface area contributed by atoms with Crippen LogP contribution in [0.25, 0.3) is 0 Å². The second kappa shape index (κ2) is 9.01. The zero-order chi connectivity index (χ0) is 20.1. The van der Waals surface area contributed by atoms with Gasteiger partial charge in [0.1, 0.15) is 0 Å². The maximum absolute atomic E-state index is 12.9. The van der Waals surface area contributed by atoms with Gasteiger partial charge < -0.3 is 15.1 Å². The van der Waals surface area contributed by atoms with Gasteiger partial charge in [-0.2, -0.15) is 0 Å². The molecule has 0 aliphatic carbocycles. The molecular formula is C21H25N3O3S. The van der Waals surface area contributed by atoms with Gasteiger partial charge in [-0.25, -0.2) is 0 Å². The predicted molar refractivity (Wildman–Crippen MR) is 109 cm³/mol. The van der Waals surface area contributed by atoms with Crippen molar-refractivity contribution in [1.29, 1.82) is 0 Å². The number of nitrogens with one attached hydrogen (secondary N) is 1. The van der Waals surface area contributed by atoms with Crippen LogP contribution in [-0.4, -0.2) is 54.7 Å². The Morgan fingerprint density at radius 2 is 1.96 bits per heavy atom. The van der Waals surface area contributed by atoms with Crippen molar-refractivity contribution < 1.29 is 14.4 Å². The summed E-state index contributed by atoms with van der Waals surface area (Å²) in [6, 6.07) is 10.9. The predicted octanol–water partition coefficient (Wildman–Crippen LogP) is 2.62. The Balaban J connectivity index is 1.59. The van der Waals surface area contributed by atoms with Gasteiger partial charge in [-0.05, 0) is 42.0 Å². The first-order valence-electron chi connectivity index (χ1n) is 9.38. The van der Waals surface area contributed by atoms with E-state index in [1.54, 1.807) is 36.0 Å². The lowest BCUT2D eigenvalue weighted by Crippen LogP contribution is -2.45. The number of rotatable bonds is 5. The van der Waals surface area contributed by atoms with Gasteiger partial charge in [-0.1, -0.05) is 18.2 Å². The molecule has 0 saturated carbocycles. The second-order valence-electron chi connectivity index (χ2n) is 7.04. The Bertz CT molecular complexity index is 833. The van der Waals surface area contributed by atoms with E-state index in [9.17, 15) is 14.4 Å². The van der Waals surface area contributed by atoms with Crippen molar-refractivity contribution in [2.75, 3.05) is 27.2 Å². The number of hydrogen-bond acceptors (Lipinski definition) is 4. The molecular weight excluding hydrogens is 374 g/mol. The summed E-state index contributed by atoms with van der Waals surface area (Å²) in [5.41, 5.74) is 1.56. The second-order valence-corrected chi connectivity index (χ2v) is 7.99. The largest absolute Gasteiger partial charge is 0.355 e. The van der Waals surface area contributed by atoms with Gasteiger partial charge in [0.25, 0.3) is 11.8 Å². The summed E-state index contributed by atoms with van der Waals surface area (Å²) in [7, 11) is 3.38. The molecule has 28 heavy (non-hydrogen) atoms. The van der Waals surface area contributed by atoms with Crippen LogP contribution in [-0.2, 0) is 11.3 Å². The van der Waals surface area contributed by atoms with Crippen molar-refractivity contribution in [3.8, 4) is 0 Å². The van der Waals surface area contributed by atoms with E-state index in [1.165, 1.54) is 11.3 Å². The van der Waals surface area contributed by atoms with Crippen LogP contribution in [0.15, 0.2) is 41.8 Å². The molecule has 0 spiro atoms. The van der Waals surface area contributed by atoms with E-state index >= 15 is 0 Å². The first kappa shape index (κ1) is 20.1. The molecule has 148 valence electrons. The third-order valence-corrected chi connectivity index (χ3v) is 5.89. The summed E-state index contributed by atoms with van der Waals surface area (Å²) < 4.78 is 0. The first-order chi connectivity index (χ1) is 13.5. The molecule has 1 unspecified atom stereocenters. The summed E-state index contributed by atoms with van der Waals surface area (Å²) in [5.74, 6) is -0.236. The monoisotopic (exact) mass is 399 g/mol. The van der Waals surface area contributed by atoms with Crippen LogP contribution in [0, 0.1) is 5.92 Å². The summed E-state index contributed by atoms with van der Waals surface area (Å²) in [6.07, 6.45) is 1.63. The maximum Gasteiger partial charge on any atom is 0.263 e. The molecule has 1 N–H and O–H groups in total. The molecule has 3 amide bonds. The number of nitrogens with zero attached hydrogens (tertiary/aromatic N) is 2. The van der Waals surface area contributed by atoms with Crippen LogP contribution >= 0.6 is 11.3 Å². The van der Waals surface area contributed by atoms with Crippen LogP contribution < -0.4 is 5.32 Å². The van der Waals surface area contributed by atoms with Gasteiger partial charge in [0.05, 0.1) is 10.8 Å². The Hall–Kier alpha value is -2.67. The SMILES string of the molecule is CNC(=O)c1ccc(CN(C)C(=O)C2CCCN(C(=O)c3cccs3)C2)cc1. The number of likely N-dealkylation sites (tertiary alicyclic amines) is 1. The van der Waals surface area contributed by atoms with E-state index in [-0.39, 0.29) is 23.6 Å². The van der Waals surface area contributed by atoms with E-state index in [2.05, 4.69) is 5.32 Å². The highest BCUT2D eigenvalue weighted by molar-refractivity contribution is 7.12. The normalized spacial score (nSPS) is 16.5. The van der Waals surface area contributed by atoms with Crippen LogP contribution in [0.1, 0.15) is 38.4 Å². The molecule has 0 bridgehead atoms. The molecule has 0 radical (unpaired) electrons. The highest BCUT2D eigenvalue weighted by atomic mass is 32.1. The van der Waals surface area contributed by atoms with Crippen LogP contribution in [0.4, 0.5) is 0 Å². The summed E-state index contributed by atoms with van der Waals surface area (Å²) in [6.45, 7) is 1.64. The fourth-order valence-corrected chi connectivity index (χ4v) is 4.18. The fraction of sp³-hybridized carbons (Fsp3) is 0.381. The third kappa shape index (κ3) is 4.59. The number of amides is 3. The van der Waals surface area contributed by atoms with E-state index in [0.717, 1.165) is 23.3 Å². The average Bonchev–Trinajstić information content (AvgIpc) is 3.27. The number of carbonyl (C=O) groups excluding carboxylic acids is 3. The van der Waals surface area contributed by atoms with Gasteiger partial charge in [-0.15, -0.1) is 11.3 Å². The van der Waals surface area contributed by atoms with Gasteiger partial charge in [0, 0.05) is 39.3 Å². The Labute approximate surface area is 169 Å². The number of thiophene rings is 1. The number of carbonyl (C=O) groups is 3. The van der Waals surface area contributed by atoms with E-state index in [0.29, 0.717) is 25.2 Å². The lowest BCUT2D eigenvalue weighted by molar-refractivity contribution is -0.136. The Kier molecular flexibility index (Phi) is 6.46. The quantitative estimate of drug-likeness (QED) is 0.840. The van der Waals surface area contributed by atoms with Crippen molar-refractivity contribution in [3.63, 3.8) is 0 Å². The van der Waals surface area contributed by atoms with Gasteiger partial charge >= 0.3 is 0 Å². The number of hydrogen-bond donors (Lipinski definition) is 1. The molecule has 2 aromatic rings. The van der Waals surface area contributed by atoms with Crippen molar-refractivity contribution in [1.82, 2.24) is 15.1 Å². The van der Waals surface area contributed by atoms with Crippen LogP contribution in [0.5, 0.6) is 0 Å². The molecule has 1 atom stereocenters. The van der Waals surface area contributed by atoms with Gasteiger partial charge in [0.15, 0.2) is 0 Å². The first-order valence-corrected chi connectivity index (χ1v) is 10.3. The summed E-state index contributed by atoms with van der Waals surface area (Å²) in [4.78, 5) is 41.3. The number of piperidine rings is 1. The summed E-state index contributed by atoms with van der Waals surface area (Å²) >= 11 is 1.43. The minimum atomic E-state index is -0.173. The third-order valence-electron chi connectivity index (χ3n) is 5.03. The standard InChI is InChI=1S/C21H25N3O3S/c1-22-19(25)16-9-7-15(8-10-16)13-23(2)20(26)17-5-3-11-24(14-17)21(27)18-6-4-12-28-18/h4,6-10,12,17H,3,5,11,13-14H2,1-2H3,(H,22,25). The Morgan fingerprint density at radius 3 is 2.61 bits per heavy atom. The van der Waals surface area contributed by atoms with E-state index in [1.807, 2.05) is 29.6 Å². The molecule has 7 heteroatoms. The minimum absolute atomic E-state index is 0.0138. The molecule has 1 aromatic carbocycles. The zero-order valence-corrected chi connectivity index (χ0v) is 17.0. The van der Waals surface area contributed by atoms with Crippen molar-refractivity contribution in [2.24, 2.45) is 5.92 Å². The highest BCUT2D eigenvalue weighted by Gasteiger charge is 2.30. The summed E-state index contributed by atoms with van der Waals surface area (Å²) in [5, 5.41) is 4.48. The molecule has 1 aliphatic rings. The molecule has 1 aliphatic heterocycles. The van der Waals surface area contributed by atoms with Gasteiger partial charge in [-0.3, -0.25) is 14.4 Å². The van der Waals surface area contributed by atoms with Crippen LogP contribution in [0.3, 0.4) is 0 Å². The van der Waals surface area contributed by atoms with Gasteiger partial charge in [0.2, 0.25) is 5.91 Å². The zero-order valence-electron chi connectivity index (χ0n) is 16.2. The Morgan fingerprint density at radius 1 is 1.21 bits per heavy atom. The van der Waals surface area contributed by atoms with Crippen molar-refractivity contribution in [3.05, 3.63) is 57.8 Å². The number of benzene rings is 1. The van der Waals surface area contributed by atoms with Crippen molar-refractivity contribution >= 4 is 29.1 Å². The lowest BCUT2D eigenvalue weighted by atomic mass is 9.96. The van der Waals surface area contributed by atoms with Crippen LogP contribution in [0.2, 0.25) is 0 Å². The fourth-order valence-electron chi connectivity index (χ4n) is 3.49. The maximum atomic E-state index is 12.9. The lowest BCUT2D eigenvalue weighted by Gasteiger charge is -2.33. The average molecular weight is 400 g/mol. The smallest absolute Gasteiger partial charge is 0.263 e. The minimum Gasteiger partial charge on any atom is -0.355 e. The van der Waals surface area contributed by atoms with E-state index in [4.69, 9.17) is 0 Å². The molecule has 1 saturated heterocycles. The molecule has 6 nitrogen and oxygen atoms in total. The molecule has 1 aromatic heterocycles. The highest BCUT2D eigenvalue weighted by Crippen LogP contribution is 2.22. The van der Waals surface area contributed by atoms with Crippen molar-refractivity contribution in [2.45, 2.75) is 19.4 Å². The van der Waals surface area contributed by atoms with E-state index < -0.39 is 0 Å². The topological polar surface area (TPSA) is 69.7 Å².